The molecule has 6 nitrogen and oxygen atoms in total. The lowest BCUT2D eigenvalue weighted by atomic mass is 10.1. The van der Waals surface area contributed by atoms with Crippen LogP contribution in [0.15, 0.2) is 46.5 Å². The van der Waals surface area contributed by atoms with Gasteiger partial charge in [0.15, 0.2) is 0 Å². The number of hydrogen-bond donors (Lipinski definition) is 1. The van der Waals surface area contributed by atoms with Gasteiger partial charge in [-0.15, -0.1) is 0 Å². The molecule has 0 bridgehead atoms. The second kappa shape index (κ2) is 7.50. The highest BCUT2D eigenvalue weighted by Crippen LogP contribution is 2.29. The van der Waals surface area contributed by atoms with E-state index in [-0.39, 0.29) is 12.2 Å². The van der Waals surface area contributed by atoms with E-state index in [1.54, 1.807) is 37.3 Å². The Kier molecular flexibility index (Phi) is 5.42. The number of ether oxygens (including phenoxy) is 1. The zero-order valence-electron chi connectivity index (χ0n) is 13.8. The fourth-order valence-corrected chi connectivity index (χ4v) is 2.18. The maximum atomic E-state index is 11.3. The van der Waals surface area contributed by atoms with E-state index in [4.69, 9.17) is 9.15 Å². The minimum Gasteiger partial charge on any atom is -0.489 e. The van der Waals surface area contributed by atoms with Crippen LogP contribution in [0.4, 0.5) is 0 Å². The molecule has 0 unspecified atom stereocenters. The number of carboxylic acid groups (broad SMARTS) is 1. The third kappa shape index (κ3) is 4.04. The molecule has 2 aromatic rings. The lowest BCUT2D eigenvalue weighted by Crippen LogP contribution is -2.03. The maximum absolute atomic E-state index is 11.3. The number of carbonyl (C=O) groups excluding carboxylic acids is 1. The second-order valence-corrected chi connectivity index (χ2v) is 5.45. The highest BCUT2D eigenvalue weighted by molar-refractivity contribution is 6.03. The number of fused-ring (bicyclic) bond motifs is 1. The molecule has 0 saturated carbocycles. The molecule has 0 aliphatic carbocycles. The molecule has 126 valence electrons. The minimum absolute atomic E-state index is 0.0893. The summed E-state index contributed by atoms with van der Waals surface area (Å²) < 4.78 is 11.0. The molecule has 0 aliphatic rings. The number of furan rings is 1. The number of rotatable bonds is 7. The average Bonchev–Trinajstić information content (AvgIpc) is 2.85. The Hall–Kier alpha value is -3.02. The van der Waals surface area contributed by atoms with Crippen molar-refractivity contribution in [1.29, 1.82) is 0 Å². The number of aryl methyl sites for hydroxylation is 1. The van der Waals surface area contributed by atoms with Crippen molar-refractivity contribution in [3.63, 3.8) is 0 Å². The van der Waals surface area contributed by atoms with Crippen LogP contribution in [0.25, 0.3) is 11.0 Å². The summed E-state index contributed by atoms with van der Waals surface area (Å²) in [4.78, 5) is 24.2. The summed E-state index contributed by atoms with van der Waals surface area (Å²) in [6.07, 6.45) is 5.95. The van der Waals surface area contributed by atoms with E-state index in [0.717, 1.165) is 6.29 Å². The number of carbonyl (C=O) groups is 2. The normalized spacial score (nSPS) is 11.9. The van der Waals surface area contributed by atoms with Crippen LogP contribution >= 0.6 is 0 Å². The van der Waals surface area contributed by atoms with E-state index in [1.807, 2.05) is 25.2 Å². The molecule has 0 fully saturated rings. The highest BCUT2D eigenvalue weighted by Gasteiger charge is 2.17. The van der Waals surface area contributed by atoms with E-state index < -0.39 is 5.97 Å². The van der Waals surface area contributed by atoms with Crippen LogP contribution in [-0.4, -0.2) is 43.0 Å². The number of nitrogens with zero attached hydrogens (tertiary/aromatic N) is 1. The van der Waals surface area contributed by atoms with E-state index >= 15 is 0 Å². The zero-order chi connectivity index (χ0) is 17.7. The van der Waals surface area contributed by atoms with Crippen molar-refractivity contribution in [2.24, 2.45) is 0 Å². The maximum Gasteiger partial charge on any atom is 0.339 e. The molecular weight excluding hydrogens is 310 g/mol. The van der Waals surface area contributed by atoms with Crippen molar-refractivity contribution < 1.29 is 23.8 Å². The van der Waals surface area contributed by atoms with E-state index in [9.17, 15) is 14.7 Å². The summed E-state index contributed by atoms with van der Waals surface area (Å²) >= 11 is 0. The number of hydrogen-bond acceptors (Lipinski definition) is 5. The van der Waals surface area contributed by atoms with Crippen LogP contribution in [0.1, 0.15) is 16.1 Å². The Morgan fingerprint density at radius 3 is 2.75 bits per heavy atom. The van der Waals surface area contributed by atoms with Crippen molar-refractivity contribution in [2.45, 2.75) is 6.92 Å². The average molecular weight is 329 g/mol. The van der Waals surface area contributed by atoms with E-state index in [1.165, 1.54) is 0 Å². The summed E-state index contributed by atoms with van der Waals surface area (Å²) in [5.41, 5.74) is 1.07. The fourth-order valence-electron chi connectivity index (χ4n) is 2.18. The lowest BCUT2D eigenvalue weighted by Gasteiger charge is -2.06. The van der Waals surface area contributed by atoms with Crippen molar-refractivity contribution in [3.05, 3.63) is 53.4 Å². The fraction of sp³-hybridized carbons (Fsp3) is 0.222. The van der Waals surface area contributed by atoms with Gasteiger partial charge >= 0.3 is 5.97 Å². The minimum atomic E-state index is -1.05. The van der Waals surface area contributed by atoms with Gasteiger partial charge in [0.1, 0.15) is 35.5 Å². The highest BCUT2D eigenvalue weighted by atomic mass is 16.5. The number of allylic oxidation sites excluding steroid dienone is 2. The predicted octanol–water partition coefficient (Wildman–Crippen LogP) is 3.02. The standard InChI is InChI=1S/C18H19NO5/c1-12-17(18(21)22)15-9-14(6-7-16(15)24-12)23-11-13(10-20)5-4-8-19(2)3/h4-10H,11H2,1-3H3,(H,21,22)/b8-4-,13-5+. The van der Waals surface area contributed by atoms with Gasteiger partial charge in [-0.25, -0.2) is 4.79 Å². The first kappa shape index (κ1) is 17.3. The third-order valence-corrected chi connectivity index (χ3v) is 3.30. The van der Waals surface area contributed by atoms with Crippen LogP contribution in [0.5, 0.6) is 5.75 Å². The molecule has 1 heterocycles. The first-order valence-corrected chi connectivity index (χ1v) is 7.30. The summed E-state index contributed by atoms with van der Waals surface area (Å²) in [7, 11) is 3.76. The van der Waals surface area contributed by atoms with Crippen LogP contribution in [0, 0.1) is 6.92 Å². The largest absolute Gasteiger partial charge is 0.489 e. The predicted molar refractivity (Wildman–Crippen MR) is 90.4 cm³/mol. The molecule has 0 atom stereocenters. The molecule has 1 N–H and O–H groups in total. The van der Waals surface area contributed by atoms with Crippen molar-refractivity contribution in [1.82, 2.24) is 4.90 Å². The Morgan fingerprint density at radius 2 is 2.12 bits per heavy atom. The number of carboxylic acids is 1. The topological polar surface area (TPSA) is 80.0 Å². The summed E-state index contributed by atoms with van der Waals surface area (Å²) in [6.45, 7) is 1.69. The first-order valence-electron chi connectivity index (χ1n) is 7.30. The molecule has 0 spiro atoms. The van der Waals surface area contributed by atoms with E-state index in [2.05, 4.69) is 0 Å². The van der Waals surface area contributed by atoms with Crippen LogP contribution in [-0.2, 0) is 4.79 Å². The SMILES string of the molecule is Cc1oc2ccc(OC/C(C=O)=C/C=C\N(C)C)cc2c1C(=O)O. The molecule has 2 rings (SSSR count). The summed E-state index contributed by atoms with van der Waals surface area (Å²) in [5.74, 6) is -0.238. The number of aromatic carboxylic acids is 1. The van der Waals surface area contributed by atoms with Gasteiger partial charge in [-0.2, -0.15) is 0 Å². The van der Waals surface area contributed by atoms with Gasteiger partial charge in [0.25, 0.3) is 0 Å². The Bertz CT molecular complexity index is 814. The Labute approximate surface area is 139 Å². The van der Waals surface area contributed by atoms with E-state index in [0.29, 0.717) is 28.1 Å². The molecule has 0 amide bonds. The van der Waals surface area contributed by atoms with Crippen molar-refractivity contribution >= 4 is 23.2 Å². The summed E-state index contributed by atoms with van der Waals surface area (Å²) in [6, 6.07) is 4.93. The van der Waals surface area contributed by atoms with Crippen molar-refractivity contribution in [3.8, 4) is 5.75 Å². The van der Waals surface area contributed by atoms with Gasteiger partial charge in [0, 0.05) is 25.1 Å². The summed E-state index contributed by atoms with van der Waals surface area (Å²) in [5, 5.41) is 9.75. The first-order chi connectivity index (χ1) is 11.4. The molecule has 1 aromatic carbocycles. The smallest absolute Gasteiger partial charge is 0.339 e. The Morgan fingerprint density at radius 1 is 1.38 bits per heavy atom. The molecule has 0 saturated heterocycles. The number of aldehydes is 1. The van der Waals surface area contributed by atoms with Gasteiger partial charge < -0.3 is 19.2 Å². The molecule has 6 heteroatoms. The number of benzene rings is 1. The molecule has 1 aromatic heterocycles. The lowest BCUT2D eigenvalue weighted by molar-refractivity contribution is -0.105. The van der Waals surface area contributed by atoms with Crippen LogP contribution in [0.2, 0.25) is 0 Å². The zero-order valence-corrected chi connectivity index (χ0v) is 13.8. The quantitative estimate of drug-likeness (QED) is 0.478. The third-order valence-electron chi connectivity index (χ3n) is 3.30. The van der Waals surface area contributed by atoms with Gasteiger partial charge in [-0.1, -0.05) is 6.08 Å². The molecule has 0 radical (unpaired) electrons. The van der Waals surface area contributed by atoms with Crippen LogP contribution < -0.4 is 4.74 Å². The van der Waals surface area contributed by atoms with Gasteiger partial charge in [0.05, 0.1) is 0 Å². The van der Waals surface area contributed by atoms with Crippen molar-refractivity contribution in [2.75, 3.05) is 20.7 Å². The second-order valence-electron chi connectivity index (χ2n) is 5.45. The Balaban J connectivity index is 2.19. The van der Waals surface area contributed by atoms with Crippen LogP contribution in [0.3, 0.4) is 0 Å². The van der Waals surface area contributed by atoms with Gasteiger partial charge in [-0.3, -0.25) is 4.79 Å². The van der Waals surface area contributed by atoms with Gasteiger partial charge in [-0.05, 0) is 37.4 Å². The molecule has 0 aliphatic heterocycles. The van der Waals surface area contributed by atoms with Gasteiger partial charge in [0.2, 0.25) is 0 Å². The molecule has 24 heavy (non-hydrogen) atoms. The molecular formula is C18H19NO5. The monoisotopic (exact) mass is 329 g/mol.